The summed E-state index contributed by atoms with van der Waals surface area (Å²) in [6, 6.07) is 4.30. The lowest BCUT2D eigenvalue weighted by atomic mass is 10.1. The molecule has 110 valence electrons. The lowest BCUT2D eigenvalue weighted by molar-refractivity contribution is -0.132. The van der Waals surface area contributed by atoms with Crippen LogP contribution in [0.1, 0.15) is 69.9 Å². The molecule has 0 N–H and O–H groups in total. The van der Waals surface area contributed by atoms with Gasteiger partial charge in [-0.05, 0) is 30.9 Å². The van der Waals surface area contributed by atoms with Crippen LogP contribution in [0.4, 0.5) is 0 Å². The number of likely N-dealkylation sites (tertiary alicyclic amines) is 1. The number of rotatable bonds is 7. The van der Waals surface area contributed by atoms with Crippen LogP contribution < -0.4 is 0 Å². The van der Waals surface area contributed by atoms with E-state index in [0.29, 0.717) is 12.3 Å². The van der Waals surface area contributed by atoms with Gasteiger partial charge in [-0.1, -0.05) is 38.7 Å². The first-order valence-electron chi connectivity index (χ1n) is 8.02. The first-order valence-corrected chi connectivity index (χ1v) is 8.02. The standard InChI is InChI=1S/C17H26N2O/c1-2-3-4-5-6-11-17(20)19-13-8-10-16(19)15-9-7-12-18-14-15/h7,9,12,14,16H,2-6,8,10-11,13H2,1H3/t16-/m1/s1. The Labute approximate surface area is 122 Å². The third-order valence-corrected chi connectivity index (χ3v) is 4.14. The van der Waals surface area contributed by atoms with Gasteiger partial charge in [-0.2, -0.15) is 0 Å². The number of amides is 1. The van der Waals surface area contributed by atoms with E-state index in [-0.39, 0.29) is 6.04 Å². The molecule has 0 aliphatic carbocycles. The fourth-order valence-corrected chi connectivity index (χ4v) is 3.01. The van der Waals surface area contributed by atoms with Crippen LogP contribution >= 0.6 is 0 Å². The zero-order valence-corrected chi connectivity index (χ0v) is 12.6. The van der Waals surface area contributed by atoms with Crippen LogP contribution in [-0.4, -0.2) is 22.3 Å². The van der Waals surface area contributed by atoms with Gasteiger partial charge in [0.05, 0.1) is 6.04 Å². The number of carbonyl (C=O) groups excluding carboxylic acids is 1. The van der Waals surface area contributed by atoms with E-state index < -0.39 is 0 Å². The van der Waals surface area contributed by atoms with Gasteiger partial charge >= 0.3 is 0 Å². The SMILES string of the molecule is CCCCCCCC(=O)N1CCC[C@@H]1c1cccnc1. The molecular weight excluding hydrogens is 248 g/mol. The minimum absolute atomic E-state index is 0.256. The molecule has 20 heavy (non-hydrogen) atoms. The Hall–Kier alpha value is -1.38. The summed E-state index contributed by atoms with van der Waals surface area (Å²) in [4.78, 5) is 18.6. The molecule has 1 atom stereocenters. The Balaban J connectivity index is 1.83. The van der Waals surface area contributed by atoms with Gasteiger partial charge in [0, 0.05) is 25.4 Å². The average Bonchev–Trinajstić information content (AvgIpc) is 2.97. The van der Waals surface area contributed by atoms with E-state index in [1.807, 2.05) is 12.3 Å². The fraction of sp³-hybridized carbons (Fsp3) is 0.647. The van der Waals surface area contributed by atoms with Crippen molar-refractivity contribution >= 4 is 5.91 Å². The first-order chi connectivity index (χ1) is 9.83. The van der Waals surface area contributed by atoms with Crippen LogP contribution in [0, 0.1) is 0 Å². The molecule has 0 aromatic carbocycles. The van der Waals surface area contributed by atoms with Crippen LogP contribution in [0.15, 0.2) is 24.5 Å². The molecule has 3 nitrogen and oxygen atoms in total. The second kappa shape index (κ2) is 8.03. The normalized spacial score (nSPS) is 18.4. The topological polar surface area (TPSA) is 33.2 Å². The average molecular weight is 274 g/mol. The van der Waals surface area contributed by atoms with Gasteiger partial charge in [-0.3, -0.25) is 9.78 Å². The Morgan fingerprint density at radius 2 is 2.20 bits per heavy atom. The minimum atomic E-state index is 0.256. The van der Waals surface area contributed by atoms with Crippen molar-refractivity contribution in [1.29, 1.82) is 0 Å². The van der Waals surface area contributed by atoms with Gasteiger partial charge < -0.3 is 4.90 Å². The summed E-state index contributed by atoms with van der Waals surface area (Å²) < 4.78 is 0. The van der Waals surface area contributed by atoms with E-state index >= 15 is 0 Å². The molecule has 1 amide bonds. The van der Waals surface area contributed by atoms with Gasteiger partial charge in [-0.15, -0.1) is 0 Å². The Morgan fingerprint density at radius 3 is 2.95 bits per heavy atom. The zero-order chi connectivity index (χ0) is 14.2. The third-order valence-electron chi connectivity index (χ3n) is 4.14. The monoisotopic (exact) mass is 274 g/mol. The van der Waals surface area contributed by atoms with Crippen LogP contribution in [-0.2, 0) is 4.79 Å². The lowest BCUT2D eigenvalue weighted by Crippen LogP contribution is -2.30. The van der Waals surface area contributed by atoms with Crippen molar-refractivity contribution in [3.8, 4) is 0 Å². The molecule has 0 spiro atoms. The van der Waals surface area contributed by atoms with Crippen molar-refractivity contribution in [3.63, 3.8) is 0 Å². The van der Waals surface area contributed by atoms with Crippen LogP contribution in [0.2, 0.25) is 0 Å². The predicted molar refractivity (Wildman–Crippen MR) is 81.3 cm³/mol. The van der Waals surface area contributed by atoms with Gasteiger partial charge in [0.1, 0.15) is 0 Å². The first kappa shape index (κ1) is 15.0. The minimum Gasteiger partial charge on any atom is -0.336 e. The van der Waals surface area contributed by atoms with E-state index in [9.17, 15) is 4.79 Å². The second-order valence-corrected chi connectivity index (χ2v) is 5.70. The highest BCUT2D eigenvalue weighted by molar-refractivity contribution is 5.77. The molecule has 3 heteroatoms. The number of hydrogen-bond donors (Lipinski definition) is 0. The van der Waals surface area contributed by atoms with E-state index in [2.05, 4.69) is 22.9 Å². The molecular formula is C17H26N2O. The molecule has 2 heterocycles. The Bertz CT molecular complexity index is 405. The fourth-order valence-electron chi connectivity index (χ4n) is 3.01. The molecule has 1 saturated heterocycles. The summed E-state index contributed by atoms with van der Waals surface area (Å²) in [5.74, 6) is 0.327. The molecule has 1 aromatic rings. The van der Waals surface area contributed by atoms with Crippen molar-refractivity contribution in [2.24, 2.45) is 0 Å². The van der Waals surface area contributed by atoms with Crippen molar-refractivity contribution in [2.45, 2.75) is 64.3 Å². The maximum Gasteiger partial charge on any atom is 0.223 e. The largest absolute Gasteiger partial charge is 0.336 e. The number of nitrogens with zero attached hydrogens (tertiary/aromatic N) is 2. The number of unbranched alkanes of at least 4 members (excludes halogenated alkanes) is 4. The summed E-state index contributed by atoms with van der Waals surface area (Å²) in [5.41, 5.74) is 1.18. The zero-order valence-electron chi connectivity index (χ0n) is 12.6. The van der Waals surface area contributed by atoms with E-state index in [0.717, 1.165) is 25.8 Å². The van der Waals surface area contributed by atoms with E-state index in [1.54, 1.807) is 6.20 Å². The summed E-state index contributed by atoms with van der Waals surface area (Å²) in [6.07, 6.45) is 12.6. The summed E-state index contributed by atoms with van der Waals surface area (Å²) in [5, 5.41) is 0. The van der Waals surface area contributed by atoms with Crippen LogP contribution in [0.3, 0.4) is 0 Å². The number of aromatic nitrogens is 1. The maximum atomic E-state index is 12.4. The van der Waals surface area contributed by atoms with Gasteiger partial charge in [0.25, 0.3) is 0 Å². The number of pyridine rings is 1. The van der Waals surface area contributed by atoms with Crippen molar-refractivity contribution in [1.82, 2.24) is 9.88 Å². The Morgan fingerprint density at radius 1 is 1.35 bits per heavy atom. The van der Waals surface area contributed by atoms with Crippen molar-refractivity contribution < 1.29 is 4.79 Å². The smallest absolute Gasteiger partial charge is 0.223 e. The highest BCUT2D eigenvalue weighted by Gasteiger charge is 2.29. The molecule has 1 aliphatic rings. The molecule has 1 aromatic heterocycles. The third kappa shape index (κ3) is 4.06. The van der Waals surface area contributed by atoms with Gasteiger partial charge in [-0.25, -0.2) is 0 Å². The Kier molecular flexibility index (Phi) is 6.03. The lowest BCUT2D eigenvalue weighted by Gasteiger charge is -2.25. The quantitative estimate of drug-likeness (QED) is 0.701. The van der Waals surface area contributed by atoms with E-state index in [4.69, 9.17) is 0 Å². The molecule has 1 aliphatic heterocycles. The van der Waals surface area contributed by atoms with Crippen molar-refractivity contribution in [3.05, 3.63) is 30.1 Å². The summed E-state index contributed by atoms with van der Waals surface area (Å²) >= 11 is 0. The van der Waals surface area contributed by atoms with Crippen LogP contribution in [0.5, 0.6) is 0 Å². The number of hydrogen-bond acceptors (Lipinski definition) is 2. The predicted octanol–water partition coefficient (Wildman–Crippen LogP) is 4.11. The molecule has 0 bridgehead atoms. The molecule has 0 saturated carbocycles. The highest BCUT2D eigenvalue weighted by Crippen LogP contribution is 2.32. The van der Waals surface area contributed by atoms with Gasteiger partial charge in [0.2, 0.25) is 5.91 Å². The molecule has 0 unspecified atom stereocenters. The van der Waals surface area contributed by atoms with Gasteiger partial charge in [0.15, 0.2) is 0 Å². The van der Waals surface area contributed by atoms with Crippen molar-refractivity contribution in [2.75, 3.05) is 6.54 Å². The maximum absolute atomic E-state index is 12.4. The van der Waals surface area contributed by atoms with Crippen LogP contribution in [0.25, 0.3) is 0 Å². The number of carbonyl (C=O) groups is 1. The molecule has 0 radical (unpaired) electrons. The molecule has 1 fully saturated rings. The van der Waals surface area contributed by atoms with E-state index in [1.165, 1.54) is 31.2 Å². The second-order valence-electron chi connectivity index (χ2n) is 5.70. The summed E-state index contributed by atoms with van der Waals surface area (Å²) in [6.45, 7) is 3.13. The molecule has 2 rings (SSSR count). The highest BCUT2D eigenvalue weighted by atomic mass is 16.2. The summed E-state index contributed by atoms with van der Waals surface area (Å²) in [7, 11) is 0.